The number of fused-ring (bicyclic) bond motifs is 3. The van der Waals surface area contributed by atoms with Gasteiger partial charge in [-0.3, -0.25) is 4.79 Å². The molecule has 3 fully saturated rings. The number of nitrogens with zero attached hydrogens (tertiary/aromatic N) is 3. The lowest BCUT2D eigenvalue weighted by Crippen LogP contribution is -2.50. The van der Waals surface area contributed by atoms with Gasteiger partial charge in [-0.05, 0) is 44.0 Å². The Bertz CT molecular complexity index is 1670. The van der Waals surface area contributed by atoms with Gasteiger partial charge >= 0.3 is 5.97 Å². The Labute approximate surface area is 277 Å². The van der Waals surface area contributed by atoms with E-state index in [9.17, 15) is 9.59 Å². The Balaban J connectivity index is 1.19. The van der Waals surface area contributed by atoms with Crippen molar-refractivity contribution in [1.29, 1.82) is 0 Å². The van der Waals surface area contributed by atoms with Crippen LogP contribution in [0.15, 0.2) is 42.5 Å². The molecule has 0 radical (unpaired) electrons. The first kappa shape index (κ1) is 31.1. The van der Waals surface area contributed by atoms with Gasteiger partial charge in [0.1, 0.15) is 11.6 Å². The van der Waals surface area contributed by atoms with Crippen molar-refractivity contribution in [2.45, 2.75) is 44.4 Å². The summed E-state index contributed by atoms with van der Waals surface area (Å²) in [6.45, 7) is 5.85. The largest absolute Gasteiger partial charge is 0.472 e. The van der Waals surface area contributed by atoms with E-state index in [2.05, 4.69) is 22.0 Å². The summed E-state index contributed by atoms with van der Waals surface area (Å²) in [7, 11) is 1.29. The maximum absolute atomic E-state index is 15.9. The van der Waals surface area contributed by atoms with Crippen LogP contribution in [-0.4, -0.2) is 81.6 Å². The van der Waals surface area contributed by atoms with Gasteiger partial charge in [0.05, 0.1) is 65.8 Å². The van der Waals surface area contributed by atoms with Gasteiger partial charge in [0.25, 0.3) is 5.91 Å². The van der Waals surface area contributed by atoms with Crippen molar-refractivity contribution in [3.05, 3.63) is 75.0 Å². The van der Waals surface area contributed by atoms with Crippen molar-refractivity contribution in [2.24, 2.45) is 0 Å². The van der Waals surface area contributed by atoms with E-state index in [1.165, 1.54) is 18.1 Å². The average molecular weight is 670 g/mol. The average Bonchev–Trinajstić information content (AvgIpc) is 3.30. The first-order valence-electron chi connectivity index (χ1n) is 15.5. The van der Waals surface area contributed by atoms with E-state index in [1.54, 1.807) is 30.3 Å². The number of hydrogen-bond acceptors (Lipinski definition) is 8. The molecule has 3 aromatic rings. The molecule has 2 bridgehead atoms. The second-order valence-electron chi connectivity index (χ2n) is 12.3. The number of nitrogens with one attached hydrogen (secondary N) is 1. The number of halogens is 3. The fourth-order valence-corrected chi connectivity index (χ4v) is 7.84. The summed E-state index contributed by atoms with van der Waals surface area (Å²) < 4.78 is 32.8. The molecule has 9 nitrogen and oxygen atoms in total. The monoisotopic (exact) mass is 668 g/mol. The molecule has 1 N–H and O–H groups in total. The Kier molecular flexibility index (Phi) is 8.48. The number of amides is 1. The summed E-state index contributed by atoms with van der Waals surface area (Å²) in [5.74, 6) is -1.05. The Morgan fingerprint density at radius 3 is 2.48 bits per heavy atom. The summed E-state index contributed by atoms with van der Waals surface area (Å²) >= 11 is 13.4. The number of esters is 1. The Morgan fingerprint density at radius 2 is 1.78 bits per heavy atom. The highest BCUT2D eigenvalue weighted by Crippen LogP contribution is 2.43. The Morgan fingerprint density at radius 1 is 1.04 bits per heavy atom. The van der Waals surface area contributed by atoms with E-state index in [1.807, 2.05) is 6.07 Å². The van der Waals surface area contributed by atoms with E-state index >= 15 is 4.39 Å². The van der Waals surface area contributed by atoms with Crippen molar-refractivity contribution >= 4 is 46.5 Å². The Hall–Kier alpha value is -3.57. The summed E-state index contributed by atoms with van der Waals surface area (Å²) in [6.07, 6.45) is 1.86. The highest BCUT2D eigenvalue weighted by atomic mass is 35.5. The highest BCUT2D eigenvalue weighted by Gasteiger charge is 2.40. The third-order valence-corrected chi connectivity index (χ3v) is 10.1. The number of anilines is 2. The standard InChI is InChI=1S/C34H35Cl2FN4O5/c1-19-14-38-8-9-40(19)23-10-27(35)31(28(36)11-23)33(42)39-15-20-4-3-5-24(32(20)46-18-39)25-13-30(26(12-29(25)37)34(43)44-2)41-21-6-7-22(41)17-45-16-21/h3-5,10-13,19,21-22,38H,6-9,14-18H2,1-2H3/t19-,21?,22?/m0/s1. The van der Waals surface area contributed by atoms with E-state index in [0.717, 1.165) is 38.2 Å². The normalized spacial score (nSPS) is 22.4. The van der Waals surface area contributed by atoms with Crippen LogP contribution >= 0.6 is 23.2 Å². The molecule has 1 amide bonds. The fraction of sp³-hybridized carbons (Fsp3) is 0.412. The lowest BCUT2D eigenvalue weighted by Gasteiger charge is -2.38. The van der Waals surface area contributed by atoms with Gasteiger partial charge in [-0.2, -0.15) is 0 Å². The molecule has 242 valence electrons. The molecule has 46 heavy (non-hydrogen) atoms. The van der Waals surface area contributed by atoms with Crippen LogP contribution in [0.3, 0.4) is 0 Å². The van der Waals surface area contributed by atoms with Gasteiger partial charge < -0.3 is 34.2 Å². The number of carbonyl (C=O) groups is 2. The molecule has 0 aliphatic carbocycles. The van der Waals surface area contributed by atoms with Crippen molar-refractivity contribution in [1.82, 2.24) is 10.2 Å². The van der Waals surface area contributed by atoms with E-state index < -0.39 is 11.8 Å². The third kappa shape index (κ3) is 5.45. The number of methoxy groups -OCH3 is 1. The maximum Gasteiger partial charge on any atom is 0.340 e. The molecular weight excluding hydrogens is 634 g/mol. The molecule has 0 spiro atoms. The molecule has 0 aromatic heterocycles. The molecular formula is C34H35Cl2FN4O5. The zero-order chi connectivity index (χ0) is 32.1. The molecule has 4 heterocycles. The summed E-state index contributed by atoms with van der Waals surface area (Å²) in [5.41, 5.74) is 3.42. The number of para-hydroxylation sites is 1. The number of carbonyl (C=O) groups excluding carboxylic acids is 2. The van der Waals surface area contributed by atoms with Crippen LogP contribution in [-0.2, 0) is 16.0 Å². The second-order valence-corrected chi connectivity index (χ2v) is 13.1. The maximum atomic E-state index is 15.9. The van der Waals surface area contributed by atoms with Crippen LogP contribution in [0.25, 0.3) is 11.1 Å². The van der Waals surface area contributed by atoms with Crippen LogP contribution < -0.4 is 19.9 Å². The topological polar surface area (TPSA) is 83.6 Å². The molecule has 3 atom stereocenters. The first-order valence-corrected chi connectivity index (χ1v) is 16.3. The molecule has 7 rings (SSSR count). The van der Waals surface area contributed by atoms with Crippen LogP contribution in [0.1, 0.15) is 46.0 Å². The van der Waals surface area contributed by atoms with Gasteiger partial charge in [-0.1, -0.05) is 41.4 Å². The lowest BCUT2D eigenvalue weighted by atomic mass is 9.96. The summed E-state index contributed by atoms with van der Waals surface area (Å²) in [5, 5.41) is 3.91. The van der Waals surface area contributed by atoms with Crippen LogP contribution in [0.4, 0.5) is 15.8 Å². The third-order valence-electron chi connectivity index (χ3n) is 9.48. The summed E-state index contributed by atoms with van der Waals surface area (Å²) in [4.78, 5) is 32.5. The van der Waals surface area contributed by atoms with Gasteiger partial charge in [-0.15, -0.1) is 0 Å². The number of ether oxygens (including phenoxy) is 3. The van der Waals surface area contributed by atoms with Crippen molar-refractivity contribution < 1.29 is 28.2 Å². The predicted molar refractivity (Wildman–Crippen MR) is 175 cm³/mol. The number of benzene rings is 3. The molecule has 4 aliphatic rings. The van der Waals surface area contributed by atoms with Crippen molar-refractivity contribution in [2.75, 3.05) is 56.5 Å². The van der Waals surface area contributed by atoms with Gasteiger partial charge in [0.2, 0.25) is 0 Å². The smallest absolute Gasteiger partial charge is 0.340 e. The zero-order valence-corrected chi connectivity index (χ0v) is 27.2. The highest BCUT2D eigenvalue weighted by molar-refractivity contribution is 6.40. The lowest BCUT2D eigenvalue weighted by molar-refractivity contribution is 0.0515. The number of morpholine rings is 1. The number of rotatable bonds is 5. The summed E-state index contributed by atoms with van der Waals surface area (Å²) in [6, 6.07) is 12.4. The molecule has 3 aromatic carbocycles. The van der Waals surface area contributed by atoms with E-state index in [0.29, 0.717) is 41.3 Å². The van der Waals surface area contributed by atoms with Crippen LogP contribution in [0.5, 0.6) is 5.75 Å². The SMILES string of the molecule is COC(=O)c1cc(F)c(-c2cccc3c2OCN(C(=O)c2c(Cl)cc(N4CCNC[C@@H]4C)cc2Cl)C3)cc1N1C2CCC1COC2. The second kappa shape index (κ2) is 12.6. The first-order chi connectivity index (χ1) is 22.2. The van der Waals surface area contributed by atoms with Gasteiger partial charge in [-0.25, -0.2) is 9.18 Å². The zero-order valence-electron chi connectivity index (χ0n) is 25.7. The number of hydrogen-bond donors (Lipinski definition) is 1. The molecule has 4 aliphatic heterocycles. The molecule has 3 saturated heterocycles. The van der Waals surface area contributed by atoms with Gasteiger partial charge in [0, 0.05) is 48.1 Å². The van der Waals surface area contributed by atoms with Crippen molar-refractivity contribution in [3.63, 3.8) is 0 Å². The molecule has 2 unspecified atom stereocenters. The van der Waals surface area contributed by atoms with E-state index in [4.69, 9.17) is 37.4 Å². The quantitative estimate of drug-likeness (QED) is 0.345. The minimum absolute atomic E-state index is 0.0750. The van der Waals surface area contributed by atoms with Crippen LogP contribution in [0.2, 0.25) is 10.0 Å². The minimum atomic E-state index is -0.598. The minimum Gasteiger partial charge on any atom is -0.472 e. The molecule has 12 heteroatoms. The van der Waals surface area contributed by atoms with Crippen molar-refractivity contribution in [3.8, 4) is 16.9 Å². The van der Waals surface area contributed by atoms with Crippen LogP contribution in [0, 0.1) is 5.82 Å². The fourth-order valence-electron chi connectivity index (χ4n) is 7.21. The predicted octanol–water partition coefficient (Wildman–Crippen LogP) is 5.74. The number of piperazine rings is 1. The van der Waals surface area contributed by atoms with E-state index in [-0.39, 0.29) is 58.5 Å². The van der Waals surface area contributed by atoms with Gasteiger partial charge in [0.15, 0.2) is 6.73 Å². The molecule has 0 saturated carbocycles.